The van der Waals surface area contributed by atoms with Gasteiger partial charge in [-0.15, -0.1) is 11.3 Å². The molecule has 34 heavy (non-hydrogen) atoms. The lowest BCUT2D eigenvalue weighted by atomic mass is 9.90. The van der Waals surface area contributed by atoms with Crippen molar-refractivity contribution in [3.05, 3.63) is 87.6 Å². The van der Waals surface area contributed by atoms with Crippen LogP contribution in [-0.2, 0) is 4.79 Å². The number of nitrogens with zero attached hydrogens (tertiary/aromatic N) is 2. The van der Waals surface area contributed by atoms with Crippen molar-refractivity contribution in [3.63, 3.8) is 0 Å². The number of Topliss-reactive ketones (excluding diaryl/α,β-unsaturated/α-hetero) is 1. The van der Waals surface area contributed by atoms with Crippen molar-refractivity contribution in [2.75, 3.05) is 0 Å². The number of aryl methyl sites for hydroxylation is 2. The lowest BCUT2D eigenvalue weighted by Gasteiger charge is -2.36. The minimum atomic E-state index is -0.593. The van der Waals surface area contributed by atoms with Gasteiger partial charge in [0.25, 0.3) is 5.91 Å². The Labute approximate surface area is 203 Å². The van der Waals surface area contributed by atoms with Crippen LogP contribution in [0, 0.1) is 13.8 Å². The van der Waals surface area contributed by atoms with Gasteiger partial charge in [0.1, 0.15) is 5.01 Å². The lowest BCUT2D eigenvalue weighted by molar-refractivity contribution is -0.132. The highest BCUT2D eigenvalue weighted by molar-refractivity contribution is 7.17. The van der Waals surface area contributed by atoms with Gasteiger partial charge in [-0.25, -0.2) is 4.98 Å². The number of ketones is 1. The average molecular weight is 473 g/mol. The molecule has 2 aromatic carbocycles. The van der Waals surface area contributed by atoms with E-state index in [1.807, 2.05) is 68.4 Å². The molecule has 1 unspecified atom stereocenters. The molecular weight excluding hydrogens is 444 g/mol. The normalized spacial score (nSPS) is 19.2. The van der Waals surface area contributed by atoms with Gasteiger partial charge in [0.15, 0.2) is 5.76 Å². The van der Waals surface area contributed by atoms with Crippen molar-refractivity contribution in [3.8, 4) is 10.6 Å². The van der Waals surface area contributed by atoms with Crippen molar-refractivity contribution in [2.45, 2.75) is 58.0 Å². The summed E-state index contributed by atoms with van der Waals surface area (Å²) in [6.45, 7) is 3.81. The van der Waals surface area contributed by atoms with Crippen LogP contribution in [0.25, 0.3) is 10.6 Å². The first kappa shape index (κ1) is 22.5. The van der Waals surface area contributed by atoms with Crippen molar-refractivity contribution in [2.24, 2.45) is 0 Å². The van der Waals surface area contributed by atoms with E-state index < -0.39 is 17.7 Å². The summed E-state index contributed by atoms with van der Waals surface area (Å²) in [4.78, 5) is 34.2. The standard InChI is InChI=1S/C28H28N2O3S/c1-17-10-9-13-20(16-17)23-22(25(32)28(33)30(23)21-14-7-4-8-15-21)24(31)26-18(2)29-27(34-26)19-11-5-3-6-12-19/h3,5-6,9-13,16,21,23,32H,4,7-8,14-15H2,1-2H3. The van der Waals surface area contributed by atoms with Crippen LogP contribution in [0.2, 0.25) is 0 Å². The molecular formula is C28H28N2O3S. The number of benzene rings is 2. The highest BCUT2D eigenvalue weighted by atomic mass is 32.1. The lowest BCUT2D eigenvalue weighted by Crippen LogP contribution is -2.41. The van der Waals surface area contributed by atoms with Gasteiger partial charge in [0.2, 0.25) is 5.78 Å². The fraction of sp³-hybridized carbons (Fsp3) is 0.321. The van der Waals surface area contributed by atoms with E-state index in [0.29, 0.717) is 10.6 Å². The smallest absolute Gasteiger partial charge is 0.290 e. The number of hydrogen-bond donors (Lipinski definition) is 1. The Hall–Kier alpha value is -3.25. The second-order valence-electron chi connectivity index (χ2n) is 9.21. The Morgan fingerprint density at radius 3 is 2.47 bits per heavy atom. The predicted molar refractivity (Wildman–Crippen MR) is 134 cm³/mol. The molecule has 5 nitrogen and oxygen atoms in total. The van der Waals surface area contributed by atoms with E-state index >= 15 is 0 Å². The molecule has 1 atom stereocenters. The van der Waals surface area contributed by atoms with Gasteiger partial charge in [-0.2, -0.15) is 0 Å². The van der Waals surface area contributed by atoms with E-state index in [0.717, 1.165) is 53.8 Å². The zero-order chi connectivity index (χ0) is 23.8. The third-order valence-corrected chi connectivity index (χ3v) is 8.04. The second kappa shape index (κ2) is 9.18. The number of carbonyl (C=O) groups excluding carboxylic acids is 2. The Morgan fingerprint density at radius 1 is 1.03 bits per heavy atom. The maximum Gasteiger partial charge on any atom is 0.290 e. The van der Waals surface area contributed by atoms with E-state index in [-0.39, 0.29) is 17.4 Å². The van der Waals surface area contributed by atoms with Gasteiger partial charge < -0.3 is 10.0 Å². The molecule has 0 saturated heterocycles. The molecule has 174 valence electrons. The number of amides is 1. The van der Waals surface area contributed by atoms with E-state index in [4.69, 9.17) is 0 Å². The summed E-state index contributed by atoms with van der Waals surface area (Å²) in [5, 5.41) is 11.8. The fourth-order valence-electron chi connectivity index (χ4n) is 5.19. The maximum atomic E-state index is 13.9. The van der Waals surface area contributed by atoms with Crippen LogP contribution in [0.15, 0.2) is 65.9 Å². The van der Waals surface area contributed by atoms with E-state index in [1.165, 1.54) is 11.3 Å². The molecule has 3 aromatic rings. The van der Waals surface area contributed by atoms with Crippen LogP contribution in [0.5, 0.6) is 0 Å². The zero-order valence-electron chi connectivity index (χ0n) is 19.5. The molecule has 1 amide bonds. The highest BCUT2D eigenvalue weighted by Gasteiger charge is 2.47. The average Bonchev–Trinajstić information content (AvgIpc) is 3.37. The molecule has 6 heteroatoms. The first-order chi connectivity index (χ1) is 16.5. The van der Waals surface area contributed by atoms with Gasteiger partial charge in [-0.1, -0.05) is 79.4 Å². The second-order valence-corrected chi connectivity index (χ2v) is 10.2. The van der Waals surface area contributed by atoms with Crippen LogP contribution in [-0.4, -0.2) is 32.7 Å². The van der Waals surface area contributed by atoms with Crippen LogP contribution in [0.4, 0.5) is 0 Å². The number of thiazole rings is 1. The number of rotatable bonds is 5. The largest absolute Gasteiger partial charge is 0.503 e. The number of hydrogen-bond acceptors (Lipinski definition) is 5. The summed E-state index contributed by atoms with van der Waals surface area (Å²) in [6, 6.07) is 17.1. The maximum absolute atomic E-state index is 13.9. The molecule has 2 heterocycles. The summed E-state index contributed by atoms with van der Waals surface area (Å²) in [7, 11) is 0. The van der Waals surface area contributed by atoms with Crippen LogP contribution < -0.4 is 0 Å². The summed E-state index contributed by atoms with van der Waals surface area (Å²) >= 11 is 1.31. The Morgan fingerprint density at radius 2 is 1.76 bits per heavy atom. The number of carbonyl (C=O) groups is 2. The first-order valence-corrected chi connectivity index (χ1v) is 12.7. The topological polar surface area (TPSA) is 70.5 Å². The quantitative estimate of drug-likeness (QED) is 0.440. The first-order valence-electron chi connectivity index (χ1n) is 11.9. The highest BCUT2D eigenvalue weighted by Crippen LogP contribution is 2.44. The SMILES string of the molecule is Cc1cccc(C2C(C(=O)c3sc(-c4ccccc4)nc3C)=C(O)C(=O)N2C2CCCCC2)c1. The van der Waals surface area contributed by atoms with Crippen LogP contribution in [0.1, 0.15) is 64.6 Å². The van der Waals surface area contributed by atoms with Crippen LogP contribution >= 0.6 is 11.3 Å². The summed E-state index contributed by atoms with van der Waals surface area (Å²) in [5.74, 6) is -1.17. The Balaban J connectivity index is 1.59. The van der Waals surface area contributed by atoms with Crippen LogP contribution in [0.3, 0.4) is 0 Å². The molecule has 5 rings (SSSR count). The minimum absolute atomic E-state index is 0.0154. The van der Waals surface area contributed by atoms with Gasteiger partial charge in [-0.3, -0.25) is 9.59 Å². The van der Waals surface area contributed by atoms with E-state index in [9.17, 15) is 14.7 Å². The minimum Gasteiger partial charge on any atom is -0.503 e. The van der Waals surface area contributed by atoms with Gasteiger partial charge >= 0.3 is 0 Å². The Bertz CT molecular complexity index is 1270. The molecule has 0 spiro atoms. The van der Waals surface area contributed by atoms with Crippen molar-refractivity contribution >= 4 is 23.0 Å². The van der Waals surface area contributed by atoms with Crippen molar-refractivity contribution < 1.29 is 14.7 Å². The summed E-state index contributed by atoms with van der Waals surface area (Å²) in [6.07, 6.45) is 5.03. The summed E-state index contributed by atoms with van der Waals surface area (Å²) < 4.78 is 0. The molecule has 1 saturated carbocycles. The van der Waals surface area contributed by atoms with E-state index in [2.05, 4.69) is 4.98 Å². The molecule has 1 aliphatic carbocycles. The molecule has 1 N–H and O–H groups in total. The van der Waals surface area contributed by atoms with Crippen molar-refractivity contribution in [1.29, 1.82) is 0 Å². The van der Waals surface area contributed by atoms with E-state index in [1.54, 1.807) is 4.90 Å². The number of aromatic nitrogens is 1. The fourth-order valence-corrected chi connectivity index (χ4v) is 6.22. The molecule has 1 fully saturated rings. The third kappa shape index (κ3) is 3.96. The van der Waals surface area contributed by atoms with Gasteiger partial charge in [0.05, 0.1) is 22.2 Å². The monoisotopic (exact) mass is 472 g/mol. The summed E-state index contributed by atoms with van der Waals surface area (Å²) in [5.41, 5.74) is 3.63. The Kier molecular flexibility index (Phi) is 6.09. The zero-order valence-corrected chi connectivity index (χ0v) is 20.3. The molecule has 1 aromatic heterocycles. The molecule has 2 aliphatic rings. The number of aliphatic hydroxyl groups is 1. The number of aliphatic hydroxyl groups excluding tert-OH is 1. The predicted octanol–water partition coefficient (Wildman–Crippen LogP) is 6.34. The van der Waals surface area contributed by atoms with Gasteiger partial charge in [-0.05, 0) is 32.3 Å². The third-order valence-electron chi connectivity index (χ3n) is 6.84. The molecule has 1 aliphatic heterocycles. The molecule has 0 radical (unpaired) electrons. The molecule has 0 bridgehead atoms. The van der Waals surface area contributed by atoms with Gasteiger partial charge in [0, 0.05) is 11.6 Å². The van der Waals surface area contributed by atoms with Crippen molar-refractivity contribution in [1.82, 2.24) is 9.88 Å².